The van der Waals surface area contributed by atoms with Crippen molar-refractivity contribution in [3.8, 4) is 0 Å². The summed E-state index contributed by atoms with van der Waals surface area (Å²) in [6.07, 6.45) is 6.20. The number of hydrogen-bond donors (Lipinski definition) is 2. The Morgan fingerprint density at radius 1 is 1.18 bits per heavy atom. The van der Waals surface area contributed by atoms with Crippen LogP contribution in [0.25, 0.3) is 0 Å². The number of allylic oxidation sites excluding steroid dienone is 2. The maximum absolute atomic E-state index is 12.3. The van der Waals surface area contributed by atoms with Crippen LogP contribution in [0.1, 0.15) is 60.3 Å². The van der Waals surface area contributed by atoms with Crippen molar-refractivity contribution in [3.05, 3.63) is 36.0 Å². The number of carbonyl (C=O) groups is 4. The van der Waals surface area contributed by atoms with Crippen LogP contribution in [0.15, 0.2) is 36.0 Å². The summed E-state index contributed by atoms with van der Waals surface area (Å²) in [5.41, 5.74) is 0.911. The summed E-state index contributed by atoms with van der Waals surface area (Å²) in [7, 11) is 1.27. The van der Waals surface area contributed by atoms with Crippen LogP contribution in [0.4, 0.5) is 0 Å². The van der Waals surface area contributed by atoms with Crippen molar-refractivity contribution < 1.29 is 43.2 Å². The van der Waals surface area contributed by atoms with Gasteiger partial charge in [-0.05, 0) is 45.6 Å². The molecule has 2 rings (SSSR count). The van der Waals surface area contributed by atoms with Crippen molar-refractivity contribution in [2.75, 3.05) is 7.11 Å². The van der Waals surface area contributed by atoms with Crippen molar-refractivity contribution >= 4 is 23.6 Å². The van der Waals surface area contributed by atoms with E-state index in [0.29, 0.717) is 6.42 Å². The van der Waals surface area contributed by atoms with Crippen LogP contribution in [0.3, 0.4) is 0 Å². The molecular formula is C28H41NO9. The van der Waals surface area contributed by atoms with Crippen molar-refractivity contribution in [1.29, 1.82) is 0 Å². The van der Waals surface area contributed by atoms with Crippen molar-refractivity contribution in [2.45, 2.75) is 103 Å². The second-order valence-corrected chi connectivity index (χ2v) is 10.0. The molecule has 0 bridgehead atoms. The molecule has 2 heterocycles. The average molecular weight is 536 g/mol. The van der Waals surface area contributed by atoms with Gasteiger partial charge in [-0.2, -0.15) is 0 Å². The van der Waals surface area contributed by atoms with Gasteiger partial charge in [-0.15, -0.1) is 0 Å². The van der Waals surface area contributed by atoms with Gasteiger partial charge in [0.05, 0.1) is 37.9 Å². The monoisotopic (exact) mass is 535 g/mol. The molecule has 2 saturated heterocycles. The second kappa shape index (κ2) is 14.9. The standard InChI is InChI=1S/C28H41NO9/c1-16(8-11-25-28(34)23(31)14-21(38-25)15-27(33)35-6)7-10-24-17(2)13-22(19(4)37-24)29-26(32)12-9-18(3)36-20(5)30/h7-9,11-12,17-19,21-22,24-25,28,34H,10,13-15H2,1-6H3,(H,29,32)/b11-8+,12-9-,16-7+/t17-,18-,19+,21-,22+,24-,25+,28-/m0/s1. The maximum Gasteiger partial charge on any atom is 0.308 e. The topological polar surface area (TPSA) is 137 Å². The molecule has 0 spiro atoms. The fourth-order valence-corrected chi connectivity index (χ4v) is 4.50. The van der Waals surface area contributed by atoms with E-state index >= 15 is 0 Å². The highest BCUT2D eigenvalue weighted by Gasteiger charge is 2.36. The molecule has 10 heteroatoms. The summed E-state index contributed by atoms with van der Waals surface area (Å²) in [6.45, 7) is 8.91. The molecule has 10 nitrogen and oxygen atoms in total. The van der Waals surface area contributed by atoms with E-state index in [2.05, 4.69) is 17.0 Å². The molecule has 0 aromatic carbocycles. The number of nitrogens with one attached hydrogen (secondary N) is 1. The van der Waals surface area contributed by atoms with Crippen LogP contribution in [-0.4, -0.2) is 78.5 Å². The van der Waals surface area contributed by atoms with Gasteiger partial charge in [0, 0.05) is 19.4 Å². The molecule has 0 aromatic heterocycles. The van der Waals surface area contributed by atoms with Crippen molar-refractivity contribution in [3.63, 3.8) is 0 Å². The number of hydrogen-bond acceptors (Lipinski definition) is 9. The highest BCUT2D eigenvalue weighted by Crippen LogP contribution is 2.28. The molecule has 38 heavy (non-hydrogen) atoms. The summed E-state index contributed by atoms with van der Waals surface area (Å²) in [5.74, 6) is -1.32. The number of carbonyl (C=O) groups excluding carboxylic acids is 4. The Morgan fingerprint density at radius 2 is 1.89 bits per heavy atom. The van der Waals surface area contributed by atoms with Crippen molar-refractivity contribution in [1.82, 2.24) is 5.32 Å². The molecule has 212 valence electrons. The SMILES string of the molecule is COC(=O)C[C@@H]1CC(=O)[C@H](O)[C@@H](/C=C/C(C)=C/C[C@@H]2O[C@H](C)[C@H](NC(=O)/C=C\[C@H](C)OC(C)=O)C[C@@H]2C)O1. The van der Waals surface area contributed by atoms with Crippen LogP contribution in [0.2, 0.25) is 0 Å². The van der Waals surface area contributed by atoms with Gasteiger partial charge in [-0.25, -0.2) is 0 Å². The van der Waals surface area contributed by atoms with Gasteiger partial charge in [0.2, 0.25) is 5.91 Å². The van der Waals surface area contributed by atoms with Crippen LogP contribution >= 0.6 is 0 Å². The molecule has 0 aromatic rings. The van der Waals surface area contributed by atoms with Crippen LogP contribution < -0.4 is 5.32 Å². The van der Waals surface area contributed by atoms with E-state index in [9.17, 15) is 24.3 Å². The Balaban J connectivity index is 1.88. The van der Waals surface area contributed by atoms with E-state index in [0.717, 1.165) is 12.0 Å². The quantitative estimate of drug-likeness (QED) is 0.245. The predicted octanol–water partition coefficient (Wildman–Crippen LogP) is 2.34. The van der Waals surface area contributed by atoms with Crippen molar-refractivity contribution in [2.24, 2.45) is 5.92 Å². The van der Waals surface area contributed by atoms with Gasteiger partial charge in [0.15, 0.2) is 5.78 Å². The Bertz CT molecular complexity index is 939. The number of amides is 1. The Kier molecular flexibility index (Phi) is 12.3. The first-order valence-electron chi connectivity index (χ1n) is 13.0. The van der Waals surface area contributed by atoms with Gasteiger partial charge in [-0.1, -0.05) is 30.7 Å². The molecular weight excluding hydrogens is 494 g/mol. The number of Topliss-reactive ketones (excluding diaryl/α,β-unsaturated/α-hetero) is 1. The smallest absolute Gasteiger partial charge is 0.308 e. The Hall–Kier alpha value is -2.82. The Labute approximate surface area is 224 Å². The van der Waals surface area contributed by atoms with Crippen LogP contribution in [0.5, 0.6) is 0 Å². The highest BCUT2D eigenvalue weighted by molar-refractivity contribution is 5.88. The molecule has 2 fully saturated rings. The molecule has 0 unspecified atom stereocenters. The number of aliphatic hydroxyl groups is 1. The fourth-order valence-electron chi connectivity index (χ4n) is 4.50. The van der Waals surface area contributed by atoms with Gasteiger partial charge < -0.3 is 29.4 Å². The largest absolute Gasteiger partial charge is 0.469 e. The third-order valence-corrected chi connectivity index (χ3v) is 6.68. The van der Waals surface area contributed by atoms with Crippen LogP contribution in [0, 0.1) is 5.92 Å². The second-order valence-electron chi connectivity index (χ2n) is 10.0. The number of rotatable bonds is 10. The normalized spacial score (nSPS) is 31.3. The predicted molar refractivity (Wildman–Crippen MR) is 139 cm³/mol. The van der Waals surface area contributed by atoms with E-state index in [1.807, 2.05) is 19.9 Å². The summed E-state index contributed by atoms with van der Waals surface area (Å²) in [6, 6.07) is -0.146. The highest BCUT2D eigenvalue weighted by atomic mass is 16.5. The summed E-state index contributed by atoms with van der Waals surface area (Å²) in [4.78, 5) is 46.9. The minimum absolute atomic E-state index is 0.0321. The lowest BCUT2D eigenvalue weighted by Crippen LogP contribution is -2.50. The van der Waals surface area contributed by atoms with Crippen LogP contribution in [-0.2, 0) is 38.1 Å². The number of aliphatic hydroxyl groups excluding tert-OH is 1. The number of ketones is 1. The molecule has 0 saturated carbocycles. The lowest BCUT2D eigenvalue weighted by atomic mass is 9.88. The number of ether oxygens (including phenoxy) is 4. The molecule has 2 aliphatic heterocycles. The van der Waals surface area contributed by atoms with Gasteiger partial charge in [0.25, 0.3) is 0 Å². The minimum atomic E-state index is -1.28. The summed E-state index contributed by atoms with van der Waals surface area (Å²) in [5, 5.41) is 13.2. The lowest BCUT2D eigenvalue weighted by Gasteiger charge is -2.39. The first kappa shape index (κ1) is 31.4. The zero-order valence-corrected chi connectivity index (χ0v) is 23.0. The molecule has 2 N–H and O–H groups in total. The van der Waals surface area contributed by atoms with Gasteiger partial charge in [-0.3, -0.25) is 19.2 Å². The minimum Gasteiger partial charge on any atom is -0.469 e. The van der Waals surface area contributed by atoms with E-state index in [1.165, 1.54) is 26.2 Å². The average Bonchev–Trinajstić information content (AvgIpc) is 2.84. The zero-order valence-electron chi connectivity index (χ0n) is 23.0. The van der Waals surface area contributed by atoms with E-state index in [4.69, 9.17) is 14.2 Å². The molecule has 8 atom stereocenters. The first-order chi connectivity index (χ1) is 17.9. The fraction of sp³-hybridized carbons (Fsp3) is 0.643. The number of esters is 2. The van der Waals surface area contributed by atoms with E-state index in [-0.39, 0.29) is 48.7 Å². The van der Waals surface area contributed by atoms with E-state index < -0.39 is 36.4 Å². The number of methoxy groups -OCH3 is 1. The molecule has 0 aliphatic carbocycles. The third-order valence-electron chi connectivity index (χ3n) is 6.68. The first-order valence-corrected chi connectivity index (χ1v) is 13.0. The zero-order chi connectivity index (χ0) is 28.4. The Morgan fingerprint density at radius 3 is 2.55 bits per heavy atom. The summed E-state index contributed by atoms with van der Waals surface area (Å²) < 4.78 is 21.6. The summed E-state index contributed by atoms with van der Waals surface area (Å²) >= 11 is 0. The lowest BCUT2D eigenvalue weighted by molar-refractivity contribution is -0.158. The molecule has 1 amide bonds. The van der Waals surface area contributed by atoms with Gasteiger partial charge in [0.1, 0.15) is 18.3 Å². The maximum atomic E-state index is 12.3. The van der Waals surface area contributed by atoms with Gasteiger partial charge >= 0.3 is 11.9 Å². The van der Waals surface area contributed by atoms with E-state index in [1.54, 1.807) is 19.1 Å². The molecule has 2 aliphatic rings. The third kappa shape index (κ3) is 10.2. The molecule has 0 radical (unpaired) electrons.